The molecule has 5 heteroatoms. The molecule has 0 radical (unpaired) electrons. The molecule has 2 aromatic carbocycles. The van der Waals surface area contributed by atoms with Gasteiger partial charge in [0.05, 0.1) is 10.6 Å². The van der Waals surface area contributed by atoms with Crippen LogP contribution in [-0.4, -0.2) is 16.3 Å². The molecule has 122 valence electrons. The summed E-state index contributed by atoms with van der Waals surface area (Å²) in [6.07, 6.45) is 0. The molecule has 24 heavy (non-hydrogen) atoms. The van der Waals surface area contributed by atoms with Crippen LogP contribution >= 0.6 is 11.8 Å². The third-order valence-corrected chi connectivity index (χ3v) is 5.05. The minimum absolute atomic E-state index is 0.162. The molecule has 0 spiro atoms. The van der Waals surface area contributed by atoms with E-state index in [9.17, 15) is 14.7 Å². The second-order valence-electron chi connectivity index (χ2n) is 5.80. The van der Waals surface area contributed by atoms with Crippen LogP contribution in [0.25, 0.3) is 5.57 Å². The number of hydrogen-bond acceptors (Lipinski definition) is 4. The highest BCUT2D eigenvalue weighted by atomic mass is 32.2. The predicted molar refractivity (Wildman–Crippen MR) is 97.1 cm³/mol. The summed E-state index contributed by atoms with van der Waals surface area (Å²) in [5.74, 6) is -0.141. The second kappa shape index (κ2) is 6.17. The molecule has 1 fully saturated rings. The van der Waals surface area contributed by atoms with Gasteiger partial charge in [-0.3, -0.25) is 9.59 Å². The van der Waals surface area contributed by atoms with Crippen LogP contribution in [0, 0.1) is 13.8 Å². The first-order chi connectivity index (χ1) is 11.4. The number of allylic oxidation sites excluding steroid dienone is 1. The third-order valence-electron chi connectivity index (χ3n) is 4.00. The summed E-state index contributed by atoms with van der Waals surface area (Å²) in [5, 5.41) is 9.10. The highest BCUT2D eigenvalue weighted by molar-refractivity contribution is 8.19. The van der Waals surface area contributed by atoms with Crippen molar-refractivity contribution in [3.63, 3.8) is 0 Å². The number of carbonyl (C=O) groups excluding carboxylic acids is 2. The number of benzene rings is 2. The number of thioether (sulfide) groups is 1. The summed E-state index contributed by atoms with van der Waals surface area (Å²) in [5.41, 5.74) is 4.13. The van der Waals surface area contributed by atoms with Crippen molar-refractivity contribution in [1.29, 1.82) is 0 Å². The molecule has 0 aromatic heterocycles. The molecule has 0 aliphatic carbocycles. The summed E-state index contributed by atoms with van der Waals surface area (Å²) in [7, 11) is 0. The van der Waals surface area contributed by atoms with Crippen LogP contribution in [0.3, 0.4) is 0 Å². The zero-order valence-electron chi connectivity index (χ0n) is 13.7. The standard InChI is InChI=1S/C19H17NO3S/c1-11-4-9-16(12(2)10-11)20-18(22)17(24-19(20)23)13(3)14-5-7-15(21)8-6-14/h4-10,21H,1-3H3/b17-13-. The van der Waals surface area contributed by atoms with Gasteiger partial charge in [-0.05, 0) is 67.4 Å². The molecular weight excluding hydrogens is 322 g/mol. The van der Waals surface area contributed by atoms with Crippen LogP contribution < -0.4 is 4.90 Å². The Kier molecular flexibility index (Phi) is 4.20. The van der Waals surface area contributed by atoms with Gasteiger partial charge in [0.25, 0.3) is 11.1 Å². The lowest BCUT2D eigenvalue weighted by Gasteiger charge is -2.16. The quantitative estimate of drug-likeness (QED) is 0.810. The number of amides is 2. The monoisotopic (exact) mass is 339 g/mol. The van der Waals surface area contributed by atoms with Crippen molar-refractivity contribution in [2.24, 2.45) is 0 Å². The fraction of sp³-hybridized carbons (Fsp3) is 0.158. The van der Waals surface area contributed by atoms with E-state index in [0.29, 0.717) is 10.6 Å². The van der Waals surface area contributed by atoms with Gasteiger partial charge in [-0.2, -0.15) is 0 Å². The summed E-state index contributed by atoms with van der Waals surface area (Å²) in [4.78, 5) is 26.9. The van der Waals surface area contributed by atoms with Crippen molar-refractivity contribution in [2.75, 3.05) is 4.90 Å². The number of carbonyl (C=O) groups is 2. The largest absolute Gasteiger partial charge is 0.508 e. The summed E-state index contributed by atoms with van der Waals surface area (Å²) in [6, 6.07) is 12.2. The van der Waals surface area contributed by atoms with Gasteiger partial charge < -0.3 is 5.11 Å². The molecule has 1 aliphatic heterocycles. The van der Waals surface area contributed by atoms with E-state index in [1.54, 1.807) is 30.3 Å². The average molecular weight is 339 g/mol. The topological polar surface area (TPSA) is 57.6 Å². The molecule has 4 nitrogen and oxygen atoms in total. The van der Waals surface area contributed by atoms with Gasteiger partial charge in [-0.1, -0.05) is 29.8 Å². The Hall–Kier alpha value is -2.53. The fourth-order valence-corrected chi connectivity index (χ4v) is 3.60. The number of phenolic OH excluding ortho intramolecular Hbond substituents is 1. The molecule has 1 aliphatic rings. The first-order valence-corrected chi connectivity index (χ1v) is 8.34. The number of aromatic hydroxyl groups is 1. The molecule has 0 bridgehead atoms. The molecular formula is C19H17NO3S. The molecule has 3 rings (SSSR count). The number of aryl methyl sites for hydroxylation is 2. The van der Waals surface area contributed by atoms with E-state index < -0.39 is 0 Å². The summed E-state index contributed by atoms with van der Waals surface area (Å²) < 4.78 is 0. The number of rotatable bonds is 2. The first kappa shape index (κ1) is 16.3. The lowest BCUT2D eigenvalue weighted by Crippen LogP contribution is -2.28. The Morgan fingerprint density at radius 1 is 1.04 bits per heavy atom. The van der Waals surface area contributed by atoms with Crippen LogP contribution in [0.2, 0.25) is 0 Å². The first-order valence-electron chi connectivity index (χ1n) is 7.52. The molecule has 1 heterocycles. The normalized spacial score (nSPS) is 16.7. The van der Waals surface area contributed by atoms with Gasteiger partial charge in [0.15, 0.2) is 0 Å². The molecule has 1 N–H and O–H groups in total. The van der Waals surface area contributed by atoms with Crippen LogP contribution in [0.5, 0.6) is 5.75 Å². The molecule has 0 atom stereocenters. The number of nitrogens with zero attached hydrogens (tertiary/aromatic N) is 1. The zero-order valence-corrected chi connectivity index (χ0v) is 14.5. The van der Waals surface area contributed by atoms with Gasteiger partial charge >= 0.3 is 0 Å². The molecule has 2 amide bonds. The van der Waals surface area contributed by atoms with Gasteiger partial charge in [0.1, 0.15) is 5.75 Å². The van der Waals surface area contributed by atoms with Crippen molar-refractivity contribution in [1.82, 2.24) is 0 Å². The minimum Gasteiger partial charge on any atom is -0.508 e. The lowest BCUT2D eigenvalue weighted by atomic mass is 10.1. The zero-order chi connectivity index (χ0) is 17.4. The maximum Gasteiger partial charge on any atom is 0.298 e. The van der Waals surface area contributed by atoms with Gasteiger partial charge in [-0.25, -0.2) is 4.90 Å². The smallest absolute Gasteiger partial charge is 0.298 e. The van der Waals surface area contributed by atoms with Crippen molar-refractivity contribution in [3.8, 4) is 5.75 Å². The number of hydrogen-bond donors (Lipinski definition) is 1. The van der Waals surface area contributed by atoms with Crippen LogP contribution in [0.4, 0.5) is 10.5 Å². The maximum absolute atomic E-state index is 12.8. The van der Waals surface area contributed by atoms with Crippen molar-refractivity contribution in [3.05, 3.63) is 64.1 Å². The third kappa shape index (κ3) is 2.83. The SMILES string of the molecule is C/C(=C1/SC(=O)N(c2ccc(C)cc2C)C1=O)c1ccc(O)cc1. The van der Waals surface area contributed by atoms with E-state index in [4.69, 9.17) is 0 Å². The van der Waals surface area contributed by atoms with E-state index in [2.05, 4.69) is 0 Å². The molecule has 1 saturated heterocycles. The number of imide groups is 1. The highest BCUT2D eigenvalue weighted by Crippen LogP contribution is 2.40. The summed E-state index contributed by atoms with van der Waals surface area (Å²) in [6.45, 7) is 5.67. The molecule has 2 aromatic rings. The van der Waals surface area contributed by atoms with Crippen molar-refractivity contribution >= 4 is 34.2 Å². The Balaban J connectivity index is 2.02. The molecule has 0 unspecified atom stereocenters. The van der Waals surface area contributed by atoms with Crippen molar-refractivity contribution < 1.29 is 14.7 Å². The van der Waals surface area contributed by atoms with E-state index in [-0.39, 0.29) is 16.9 Å². The number of phenols is 1. The van der Waals surface area contributed by atoms with Crippen LogP contribution in [-0.2, 0) is 4.79 Å². The van der Waals surface area contributed by atoms with Crippen molar-refractivity contribution in [2.45, 2.75) is 20.8 Å². The van der Waals surface area contributed by atoms with Gasteiger partial charge in [0.2, 0.25) is 0 Å². The lowest BCUT2D eigenvalue weighted by molar-refractivity contribution is -0.113. The van der Waals surface area contributed by atoms with E-state index in [0.717, 1.165) is 34.0 Å². The second-order valence-corrected chi connectivity index (χ2v) is 6.76. The van der Waals surface area contributed by atoms with E-state index >= 15 is 0 Å². The average Bonchev–Trinajstić information content (AvgIpc) is 2.83. The van der Waals surface area contributed by atoms with Gasteiger partial charge in [0, 0.05) is 0 Å². The summed E-state index contributed by atoms with van der Waals surface area (Å²) >= 11 is 0.951. The highest BCUT2D eigenvalue weighted by Gasteiger charge is 2.38. The Bertz CT molecular complexity index is 869. The minimum atomic E-state index is -0.303. The molecule has 0 saturated carbocycles. The fourth-order valence-electron chi connectivity index (χ4n) is 2.70. The maximum atomic E-state index is 12.8. The van der Waals surface area contributed by atoms with Crippen LogP contribution in [0.1, 0.15) is 23.6 Å². The number of anilines is 1. The van der Waals surface area contributed by atoms with Crippen LogP contribution in [0.15, 0.2) is 47.4 Å². The van der Waals surface area contributed by atoms with E-state index in [1.165, 1.54) is 4.90 Å². The Labute approximate surface area is 144 Å². The Morgan fingerprint density at radius 2 is 1.71 bits per heavy atom. The van der Waals surface area contributed by atoms with E-state index in [1.807, 2.05) is 32.9 Å². The predicted octanol–water partition coefficient (Wildman–Crippen LogP) is 4.64. The Morgan fingerprint density at radius 3 is 2.33 bits per heavy atom. The van der Waals surface area contributed by atoms with Gasteiger partial charge in [-0.15, -0.1) is 0 Å².